The minimum Gasteiger partial charge on any atom is -0.465 e. The van der Waals surface area contributed by atoms with Gasteiger partial charge in [0.2, 0.25) is 0 Å². The number of rotatable bonds is 3. The molecule has 0 aliphatic heterocycles. The first-order valence-corrected chi connectivity index (χ1v) is 3.96. The highest BCUT2D eigenvalue weighted by atomic mass is 16.4. The smallest absolute Gasteiger partial charge is 0.407 e. The van der Waals surface area contributed by atoms with Crippen LogP contribution in [-0.4, -0.2) is 29.2 Å². The fraction of sp³-hybridized carbons (Fsp3) is 0.875. The van der Waals surface area contributed by atoms with Crippen LogP contribution in [0.3, 0.4) is 0 Å². The molecule has 1 atom stereocenters. The van der Waals surface area contributed by atoms with Crippen LogP contribution >= 0.6 is 0 Å². The van der Waals surface area contributed by atoms with E-state index >= 15 is 0 Å². The summed E-state index contributed by atoms with van der Waals surface area (Å²) in [5.41, 5.74) is 0. The molecule has 0 bridgehead atoms. The first-order chi connectivity index (χ1) is 5.00. The number of carbonyl (C=O) groups is 1. The summed E-state index contributed by atoms with van der Waals surface area (Å²) in [5, 5.41) is 8.66. The van der Waals surface area contributed by atoms with Crippen molar-refractivity contribution in [2.45, 2.75) is 33.2 Å². The van der Waals surface area contributed by atoms with Crippen molar-refractivity contribution in [2.24, 2.45) is 5.92 Å². The first kappa shape index (κ1) is 10.3. The molecule has 1 unspecified atom stereocenters. The van der Waals surface area contributed by atoms with E-state index in [0.29, 0.717) is 5.92 Å². The highest BCUT2D eigenvalue weighted by Crippen LogP contribution is 2.12. The van der Waals surface area contributed by atoms with E-state index < -0.39 is 6.09 Å². The fourth-order valence-corrected chi connectivity index (χ4v) is 1.33. The van der Waals surface area contributed by atoms with E-state index in [2.05, 4.69) is 0 Å². The normalized spacial score (nSPS) is 13.2. The average molecular weight is 159 g/mol. The van der Waals surface area contributed by atoms with Gasteiger partial charge in [-0.2, -0.15) is 0 Å². The molecule has 0 aromatic rings. The quantitative estimate of drug-likeness (QED) is 0.684. The summed E-state index contributed by atoms with van der Waals surface area (Å²) in [6.45, 7) is 6.07. The van der Waals surface area contributed by atoms with E-state index in [1.165, 1.54) is 4.90 Å². The molecule has 11 heavy (non-hydrogen) atoms. The molecule has 0 rings (SSSR count). The van der Waals surface area contributed by atoms with Crippen molar-refractivity contribution in [3.63, 3.8) is 0 Å². The lowest BCUT2D eigenvalue weighted by Gasteiger charge is -2.27. The molecule has 0 aliphatic carbocycles. The lowest BCUT2D eigenvalue weighted by Crippen LogP contribution is -2.38. The third kappa shape index (κ3) is 2.78. The zero-order valence-corrected chi connectivity index (χ0v) is 7.66. The van der Waals surface area contributed by atoms with E-state index in [9.17, 15) is 4.79 Å². The van der Waals surface area contributed by atoms with Crippen LogP contribution in [0.25, 0.3) is 0 Å². The van der Waals surface area contributed by atoms with E-state index in [1.807, 2.05) is 20.8 Å². The Morgan fingerprint density at radius 1 is 1.55 bits per heavy atom. The lowest BCUT2D eigenvalue weighted by atomic mass is 10.0. The van der Waals surface area contributed by atoms with Gasteiger partial charge in [-0.15, -0.1) is 0 Å². The van der Waals surface area contributed by atoms with Gasteiger partial charge in [0, 0.05) is 13.1 Å². The average Bonchev–Trinajstić information content (AvgIpc) is 1.88. The van der Waals surface area contributed by atoms with Crippen LogP contribution in [0, 0.1) is 5.92 Å². The summed E-state index contributed by atoms with van der Waals surface area (Å²) in [4.78, 5) is 11.9. The standard InChI is InChI=1S/C8H17NO2/c1-5-7(6(2)3)9(4)8(10)11/h6-7H,5H2,1-4H3,(H,10,11). The summed E-state index contributed by atoms with van der Waals surface area (Å²) in [5.74, 6) is 0.390. The van der Waals surface area contributed by atoms with Crippen LogP contribution in [0.5, 0.6) is 0 Å². The minimum atomic E-state index is -0.842. The SMILES string of the molecule is CCC(C(C)C)N(C)C(=O)O. The monoisotopic (exact) mass is 159 g/mol. The summed E-state index contributed by atoms with van der Waals surface area (Å²) in [7, 11) is 1.62. The van der Waals surface area contributed by atoms with E-state index in [-0.39, 0.29) is 6.04 Å². The van der Waals surface area contributed by atoms with Crippen LogP contribution in [0.4, 0.5) is 4.79 Å². The summed E-state index contributed by atoms with van der Waals surface area (Å²) in [6.07, 6.45) is 0.0334. The molecule has 0 aromatic heterocycles. The third-order valence-corrected chi connectivity index (χ3v) is 1.99. The molecule has 0 saturated heterocycles. The van der Waals surface area contributed by atoms with Crippen LogP contribution in [0.1, 0.15) is 27.2 Å². The van der Waals surface area contributed by atoms with Crippen molar-refractivity contribution in [3.8, 4) is 0 Å². The van der Waals surface area contributed by atoms with E-state index in [0.717, 1.165) is 6.42 Å². The number of carboxylic acid groups (broad SMARTS) is 1. The van der Waals surface area contributed by atoms with Crippen molar-refractivity contribution in [1.82, 2.24) is 4.90 Å². The minimum absolute atomic E-state index is 0.146. The predicted octanol–water partition coefficient (Wildman–Crippen LogP) is 2.03. The number of hydrogen-bond acceptors (Lipinski definition) is 1. The second kappa shape index (κ2) is 4.21. The second-order valence-corrected chi connectivity index (χ2v) is 3.11. The van der Waals surface area contributed by atoms with Crippen LogP contribution in [0.2, 0.25) is 0 Å². The van der Waals surface area contributed by atoms with Crippen molar-refractivity contribution in [1.29, 1.82) is 0 Å². The Morgan fingerprint density at radius 3 is 2.09 bits per heavy atom. The highest BCUT2D eigenvalue weighted by molar-refractivity contribution is 5.64. The van der Waals surface area contributed by atoms with Gasteiger partial charge in [-0.25, -0.2) is 4.79 Å². The number of amides is 1. The van der Waals surface area contributed by atoms with Gasteiger partial charge in [0.05, 0.1) is 0 Å². The van der Waals surface area contributed by atoms with Gasteiger partial charge in [0.15, 0.2) is 0 Å². The van der Waals surface area contributed by atoms with Crippen LogP contribution in [0.15, 0.2) is 0 Å². The molecule has 0 heterocycles. The molecule has 3 heteroatoms. The number of nitrogens with zero attached hydrogens (tertiary/aromatic N) is 1. The fourth-order valence-electron chi connectivity index (χ4n) is 1.33. The molecule has 1 N–H and O–H groups in total. The van der Waals surface area contributed by atoms with Crippen molar-refractivity contribution >= 4 is 6.09 Å². The molecule has 0 radical (unpaired) electrons. The molecule has 0 saturated carbocycles. The Kier molecular flexibility index (Phi) is 3.93. The van der Waals surface area contributed by atoms with Crippen LogP contribution in [-0.2, 0) is 0 Å². The van der Waals surface area contributed by atoms with Gasteiger partial charge in [-0.3, -0.25) is 0 Å². The molecule has 3 nitrogen and oxygen atoms in total. The molecular formula is C8H17NO2. The molecule has 0 aromatic carbocycles. The Labute approximate surface area is 68.0 Å². The Hall–Kier alpha value is -0.730. The predicted molar refractivity (Wildman–Crippen MR) is 44.7 cm³/mol. The topological polar surface area (TPSA) is 40.5 Å². The Morgan fingerprint density at radius 2 is 2.00 bits per heavy atom. The van der Waals surface area contributed by atoms with Gasteiger partial charge in [-0.05, 0) is 12.3 Å². The highest BCUT2D eigenvalue weighted by Gasteiger charge is 2.19. The first-order valence-electron chi connectivity index (χ1n) is 3.96. The summed E-state index contributed by atoms with van der Waals surface area (Å²) in [6, 6.07) is 0.146. The lowest BCUT2D eigenvalue weighted by molar-refractivity contribution is 0.124. The van der Waals surface area contributed by atoms with Gasteiger partial charge < -0.3 is 10.0 Å². The van der Waals surface area contributed by atoms with Gasteiger partial charge in [0.1, 0.15) is 0 Å². The maximum absolute atomic E-state index is 10.5. The number of hydrogen-bond donors (Lipinski definition) is 1. The molecular weight excluding hydrogens is 142 g/mol. The molecule has 1 amide bonds. The zero-order chi connectivity index (χ0) is 9.02. The van der Waals surface area contributed by atoms with E-state index in [1.54, 1.807) is 7.05 Å². The largest absolute Gasteiger partial charge is 0.465 e. The Bertz CT molecular complexity index is 134. The Balaban J connectivity index is 4.13. The maximum atomic E-state index is 10.5. The second-order valence-electron chi connectivity index (χ2n) is 3.11. The van der Waals surface area contributed by atoms with Crippen molar-refractivity contribution in [3.05, 3.63) is 0 Å². The molecule has 66 valence electrons. The summed E-state index contributed by atoms with van der Waals surface area (Å²) >= 11 is 0. The van der Waals surface area contributed by atoms with Gasteiger partial charge >= 0.3 is 6.09 Å². The van der Waals surface area contributed by atoms with Gasteiger partial charge in [-0.1, -0.05) is 20.8 Å². The maximum Gasteiger partial charge on any atom is 0.407 e. The van der Waals surface area contributed by atoms with E-state index in [4.69, 9.17) is 5.11 Å². The van der Waals surface area contributed by atoms with Crippen molar-refractivity contribution < 1.29 is 9.90 Å². The molecule has 0 fully saturated rings. The van der Waals surface area contributed by atoms with Crippen molar-refractivity contribution in [2.75, 3.05) is 7.05 Å². The zero-order valence-electron chi connectivity index (χ0n) is 7.66. The van der Waals surface area contributed by atoms with Gasteiger partial charge in [0.25, 0.3) is 0 Å². The molecule has 0 spiro atoms. The summed E-state index contributed by atoms with van der Waals surface area (Å²) < 4.78 is 0. The van der Waals surface area contributed by atoms with Crippen LogP contribution < -0.4 is 0 Å². The third-order valence-electron chi connectivity index (χ3n) is 1.99. The molecule has 0 aliphatic rings.